The maximum Gasteiger partial charge on any atom is 0.222 e. The molecule has 1 aromatic heterocycles. The van der Waals surface area contributed by atoms with Crippen LogP contribution in [0.2, 0.25) is 0 Å². The monoisotopic (exact) mass is 334 g/mol. The van der Waals surface area contributed by atoms with Gasteiger partial charge in [0.25, 0.3) is 0 Å². The number of nitrogens with one attached hydrogen (secondary N) is 1. The van der Waals surface area contributed by atoms with E-state index in [0.717, 1.165) is 25.1 Å². The molecule has 6 nitrogen and oxygen atoms in total. The molecule has 0 radical (unpaired) electrons. The van der Waals surface area contributed by atoms with Gasteiger partial charge in [-0.05, 0) is 43.8 Å². The molecule has 0 spiro atoms. The van der Waals surface area contributed by atoms with E-state index < -0.39 is 0 Å². The van der Waals surface area contributed by atoms with Gasteiger partial charge in [0.2, 0.25) is 5.91 Å². The first kappa shape index (κ1) is 17.4. The van der Waals surface area contributed by atoms with Gasteiger partial charge in [0.05, 0.1) is 6.20 Å². The number of hydrogen-bond donors (Lipinski definition) is 2. The summed E-state index contributed by atoms with van der Waals surface area (Å²) in [5.74, 6) is 0.838. The highest BCUT2D eigenvalue weighted by atomic mass is 16.3. The summed E-state index contributed by atoms with van der Waals surface area (Å²) in [7, 11) is 0. The lowest BCUT2D eigenvalue weighted by atomic mass is 9.96. The Bertz CT molecular complexity index is 497. The van der Waals surface area contributed by atoms with Gasteiger partial charge >= 0.3 is 0 Å². The third-order valence-corrected chi connectivity index (χ3v) is 5.54. The van der Waals surface area contributed by atoms with Gasteiger partial charge in [-0.3, -0.25) is 9.89 Å². The first-order chi connectivity index (χ1) is 11.8. The Labute approximate surface area is 144 Å². The van der Waals surface area contributed by atoms with E-state index in [9.17, 15) is 9.90 Å². The fraction of sp³-hybridized carbons (Fsp3) is 0.778. The molecule has 1 aromatic rings. The highest BCUT2D eigenvalue weighted by molar-refractivity contribution is 5.76. The number of carbonyl (C=O) groups excluding carboxylic acids is 1. The number of aromatic nitrogens is 2. The Hall–Kier alpha value is -1.40. The zero-order valence-electron chi connectivity index (χ0n) is 14.5. The number of aliphatic hydroxyl groups is 1. The van der Waals surface area contributed by atoms with Crippen molar-refractivity contribution in [3.63, 3.8) is 0 Å². The fourth-order valence-corrected chi connectivity index (χ4v) is 4.03. The van der Waals surface area contributed by atoms with Crippen LogP contribution in [0.25, 0.3) is 0 Å². The molecule has 0 bridgehead atoms. The molecule has 2 aliphatic heterocycles. The maximum absolute atomic E-state index is 12.5. The third kappa shape index (κ3) is 4.57. The second-order valence-electron chi connectivity index (χ2n) is 7.32. The summed E-state index contributed by atoms with van der Waals surface area (Å²) in [5, 5.41) is 16.4. The van der Waals surface area contributed by atoms with Crippen molar-refractivity contribution >= 4 is 5.91 Å². The van der Waals surface area contributed by atoms with Crippen LogP contribution in [0.3, 0.4) is 0 Å². The predicted octanol–water partition coefficient (Wildman–Crippen LogP) is 1.29. The van der Waals surface area contributed by atoms with E-state index in [2.05, 4.69) is 15.1 Å². The highest BCUT2D eigenvalue weighted by Crippen LogP contribution is 2.26. The number of amides is 1. The molecule has 1 amide bonds. The molecule has 3 heterocycles. The van der Waals surface area contributed by atoms with Crippen LogP contribution >= 0.6 is 0 Å². The molecule has 24 heavy (non-hydrogen) atoms. The second-order valence-corrected chi connectivity index (χ2v) is 7.32. The van der Waals surface area contributed by atoms with Crippen molar-refractivity contribution in [3.8, 4) is 0 Å². The van der Waals surface area contributed by atoms with Crippen LogP contribution in [-0.4, -0.2) is 70.3 Å². The lowest BCUT2D eigenvalue weighted by Gasteiger charge is -2.26. The molecule has 2 saturated heterocycles. The molecule has 0 saturated carbocycles. The number of hydrogen-bond acceptors (Lipinski definition) is 4. The first-order valence-electron chi connectivity index (χ1n) is 9.35. The lowest BCUT2D eigenvalue weighted by molar-refractivity contribution is -0.130. The molecule has 0 unspecified atom stereocenters. The van der Waals surface area contributed by atoms with Crippen LogP contribution < -0.4 is 0 Å². The number of aryl methyl sites for hydroxylation is 1. The number of nitrogens with zero attached hydrogens (tertiary/aromatic N) is 3. The standard InChI is InChI=1S/C18H30N4O2/c23-14-17-13-22(18(24)6-5-15-9-19-20-10-15)12-16(17)11-21-7-3-1-2-4-8-21/h9-10,16-17,23H,1-8,11-14H2,(H,19,20)/t16-,17-/m1/s1. The number of rotatable bonds is 6. The SMILES string of the molecule is O=C(CCc1cn[nH]c1)N1C[C@@H](CN2CCCCCC2)[C@@H](CO)C1. The zero-order valence-corrected chi connectivity index (χ0v) is 14.5. The quantitative estimate of drug-likeness (QED) is 0.822. The number of likely N-dealkylation sites (tertiary alicyclic amines) is 2. The van der Waals surface area contributed by atoms with Crippen LogP contribution in [0.15, 0.2) is 12.4 Å². The number of aliphatic hydroxyl groups excluding tert-OH is 1. The summed E-state index contributed by atoms with van der Waals surface area (Å²) in [6.45, 7) is 5.05. The maximum atomic E-state index is 12.5. The van der Waals surface area contributed by atoms with Gasteiger partial charge in [0, 0.05) is 44.8 Å². The van der Waals surface area contributed by atoms with Crippen molar-refractivity contribution in [1.29, 1.82) is 0 Å². The topological polar surface area (TPSA) is 72.5 Å². The average Bonchev–Trinajstić information content (AvgIpc) is 3.18. The molecule has 134 valence electrons. The van der Waals surface area contributed by atoms with E-state index in [0.29, 0.717) is 18.9 Å². The van der Waals surface area contributed by atoms with Gasteiger partial charge < -0.3 is 14.9 Å². The van der Waals surface area contributed by atoms with Crippen LogP contribution in [0.5, 0.6) is 0 Å². The molecule has 2 aliphatic rings. The number of H-pyrrole nitrogens is 1. The Morgan fingerprint density at radius 1 is 1.21 bits per heavy atom. The predicted molar refractivity (Wildman–Crippen MR) is 92.5 cm³/mol. The van der Waals surface area contributed by atoms with Gasteiger partial charge in [-0.1, -0.05) is 12.8 Å². The smallest absolute Gasteiger partial charge is 0.222 e. The lowest BCUT2D eigenvalue weighted by Crippen LogP contribution is -2.35. The largest absolute Gasteiger partial charge is 0.396 e. The Morgan fingerprint density at radius 3 is 2.62 bits per heavy atom. The van der Waals surface area contributed by atoms with Crippen molar-refractivity contribution in [2.24, 2.45) is 11.8 Å². The minimum Gasteiger partial charge on any atom is -0.396 e. The summed E-state index contributed by atoms with van der Waals surface area (Å²) >= 11 is 0. The first-order valence-corrected chi connectivity index (χ1v) is 9.35. The highest BCUT2D eigenvalue weighted by Gasteiger charge is 2.35. The van der Waals surface area contributed by atoms with Gasteiger partial charge in [-0.15, -0.1) is 0 Å². The molecule has 6 heteroatoms. The van der Waals surface area contributed by atoms with Gasteiger partial charge in [0.15, 0.2) is 0 Å². The van der Waals surface area contributed by atoms with Crippen molar-refractivity contribution in [1.82, 2.24) is 20.0 Å². The van der Waals surface area contributed by atoms with E-state index in [-0.39, 0.29) is 18.4 Å². The van der Waals surface area contributed by atoms with Crippen LogP contribution in [0, 0.1) is 11.8 Å². The van der Waals surface area contributed by atoms with Crippen molar-refractivity contribution < 1.29 is 9.90 Å². The average molecular weight is 334 g/mol. The molecule has 0 aromatic carbocycles. The normalized spacial score (nSPS) is 25.8. The van der Waals surface area contributed by atoms with E-state index in [4.69, 9.17) is 0 Å². The minimum atomic E-state index is 0.185. The van der Waals surface area contributed by atoms with E-state index in [1.165, 1.54) is 38.8 Å². The summed E-state index contributed by atoms with van der Waals surface area (Å²) in [6.07, 6.45) is 10.1. The van der Waals surface area contributed by atoms with Crippen LogP contribution in [-0.2, 0) is 11.2 Å². The minimum absolute atomic E-state index is 0.185. The molecule has 2 atom stereocenters. The van der Waals surface area contributed by atoms with E-state index in [1.54, 1.807) is 6.20 Å². The molecular formula is C18H30N4O2. The van der Waals surface area contributed by atoms with E-state index in [1.807, 2.05) is 11.1 Å². The molecular weight excluding hydrogens is 304 g/mol. The molecule has 0 aliphatic carbocycles. The Morgan fingerprint density at radius 2 is 1.96 bits per heavy atom. The summed E-state index contributed by atoms with van der Waals surface area (Å²) in [5.41, 5.74) is 1.07. The van der Waals surface area contributed by atoms with Crippen molar-refractivity contribution in [3.05, 3.63) is 18.0 Å². The van der Waals surface area contributed by atoms with E-state index >= 15 is 0 Å². The van der Waals surface area contributed by atoms with Gasteiger partial charge in [0.1, 0.15) is 0 Å². The molecule has 2 N–H and O–H groups in total. The molecule has 3 rings (SSSR count). The van der Waals surface area contributed by atoms with Crippen LogP contribution in [0.1, 0.15) is 37.7 Å². The fourth-order valence-electron chi connectivity index (χ4n) is 4.03. The summed E-state index contributed by atoms with van der Waals surface area (Å²) in [6, 6.07) is 0. The van der Waals surface area contributed by atoms with Gasteiger partial charge in [-0.25, -0.2) is 0 Å². The zero-order chi connectivity index (χ0) is 16.8. The number of aromatic amines is 1. The second kappa shape index (κ2) is 8.62. The van der Waals surface area contributed by atoms with Gasteiger partial charge in [-0.2, -0.15) is 5.10 Å². The Kier molecular flexibility index (Phi) is 6.26. The summed E-state index contributed by atoms with van der Waals surface area (Å²) < 4.78 is 0. The molecule has 2 fully saturated rings. The van der Waals surface area contributed by atoms with Crippen molar-refractivity contribution in [2.45, 2.75) is 38.5 Å². The van der Waals surface area contributed by atoms with Crippen LogP contribution in [0.4, 0.5) is 0 Å². The number of carbonyl (C=O) groups is 1. The summed E-state index contributed by atoms with van der Waals surface area (Å²) in [4.78, 5) is 17.0. The Balaban J connectivity index is 1.50. The third-order valence-electron chi connectivity index (χ3n) is 5.54. The van der Waals surface area contributed by atoms with Crippen molar-refractivity contribution in [2.75, 3.05) is 39.3 Å².